The minimum Gasteiger partial charge on any atom is -0.493 e. The van der Waals surface area contributed by atoms with Crippen molar-refractivity contribution < 1.29 is 27.4 Å². The Hall–Kier alpha value is -3.69. The molecule has 0 saturated carbocycles. The third kappa shape index (κ3) is 4.59. The third-order valence-corrected chi connectivity index (χ3v) is 5.51. The van der Waals surface area contributed by atoms with E-state index < -0.39 is 24.2 Å². The van der Waals surface area contributed by atoms with Gasteiger partial charge in [-0.3, -0.25) is 4.79 Å². The molecule has 0 radical (unpaired) electrons. The van der Waals surface area contributed by atoms with Crippen LogP contribution in [0.3, 0.4) is 0 Å². The molecule has 0 spiro atoms. The van der Waals surface area contributed by atoms with Crippen molar-refractivity contribution in [2.24, 2.45) is 0 Å². The van der Waals surface area contributed by atoms with Gasteiger partial charge in [-0.2, -0.15) is 18.3 Å². The van der Waals surface area contributed by atoms with Gasteiger partial charge in [-0.05, 0) is 42.3 Å². The molecule has 33 heavy (non-hydrogen) atoms. The number of fused-ring (bicyclic) bond motifs is 1. The van der Waals surface area contributed by atoms with Gasteiger partial charge in [0.1, 0.15) is 5.82 Å². The van der Waals surface area contributed by atoms with Crippen LogP contribution in [-0.2, 0) is 0 Å². The van der Waals surface area contributed by atoms with Crippen molar-refractivity contribution in [2.75, 3.05) is 24.9 Å². The third-order valence-electron chi connectivity index (χ3n) is 5.51. The van der Waals surface area contributed by atoms with Crippen LogP contribution in [0.1, 0.15) is 40.1 Å². The molecule has 2 atom stereocenters. The highest BCUT2D eigenvalue weighted by Crippen LogP contribution is 2.44. The maximum atomic E-state index is 13.9. The Morgan fingerprint density at radius 1 is 1.12 bits per heavy atom. The molecule has 174 valence electrons. The normalized spacial score (nSPS) is 17.6. The molecule has 7 nitrogen and oxygen atoms in total. The van der Waals surface area contributed by atoms with Gasteiger partial charge in [0.05, 0.1) is 20.3 Å². The molecule has 0 bridgehead atoms. The van der Waals surface area contributed by atoms with Crippen molar-refractivity contribution >= 4 is 17.4 Å². The van der Waals surface area contributed by atoms with Crippen LogP contribution in [0.5, 0.6) is 11.5 Å². The number of rotatable bonds is 5. The summed E-state index contributed by atoms with van der Waals surface area (Å²) in [4.78, 5) is 12.7. The summed E-state index contributed by atoms with van der Waals surface area (Å²) < 4.78 is 53.2. The number of methoxy groups -OCH3 is 2. The van der Waals surface area contributed by atoms with E-state index in [0.29, 0.717) is 22.7 Å². The quantitative estimate of drug-likeness (QED) is 0.553. The number of benzene rings is 2. The predicted octanol–water partition coefficient (Wildman–Crippen LogP) is 5.12. The van der Waals surface area contributed by atoms with E-state index in [9.17, 15) is 18.0 Å². The van der Waals surface area contributed by atoms with Crippen LogP contribution in [0.2, 0.25) is 0 Å². The number of hydrogen-bond acceptors (Lipinski definition) is 5. The Balaban J connectivity index is 1.65. The number of alkyl halides is 3. The smallest absolute Gasteiger partial charge is 0.410 e. The van der Waals surface area contributed by atoms with E-state index in [0.717, 1.165) is 10.2 Å². The zero-order valence-corrected chi connectivity index (χ0v) is 18.2. The Morgan fingerprint density at radius 2 is 1.88 bits per heavy atom. The molecule has 4 rings (SSSR count). The lowest BCUT2D eigenvalue weighted by molar-refractivity contribution is -0.173. The first-order valence-electron chi connectivity index (χ1n) is 10.2. The van der Waals surface area contributed by atoms with Gasteiger partial charge in [0.25, 0.3) is 5.91 Å². The van der Waals surface area contributed by atoms with Crippen LogP contribution in [0.4, 0.5) is 24.7 Å². The van der Waals surface area contributed by atoms with Gasteiger partial charge in [0.2, 0.25) is 0 Å². The summed E-state index contributed by atoms with van der Waals surface area (Å²) in [7, 11) is 2.95. The second kappa shape index (κ2) is 8.68. The molecule has 1 amide bonds. The van der Waals surface area contributed by atoms with Gasteiger partial charge in [-0.15, -0.1) is 0 Å². The molecular formula is C23H23F3N4O3. The number of aryl methyl sites for hydroxylation is 1. The Morgan fingerprint density at radius 3 is 2.55 bits per heavy atom. The zero-order chi connectivity index (χ0) is 23.8. The van der Waals surface area contributed by atoms with Crippen molar-refractivity contribution in [3.8, 4) is 11.5 Å². The summed E-state index contributed by atoms with van der Waals surface area (Å²) >= 11 is 0. The van der Waals surface area contributed by atoms with Crippen molar-refractivity contribution in [2.45, 2.75) is 31.6 Å². The van der Waals surface area contributed by atoms with Gasteiger partial charge >= 0.3 is 6.18 Å². The number of ether oxygens (including phenoxy) is 2. The van der Waals surface area contributed by atoms with E-state index in [2.05, 4.69) is 15.7 Å². The molecule has 10 heteroatoms. The topological polar surface area (TPSA) is 77.4 Å². The summed E-state index contributed by atoms with van der Waals surface area (Å²) in [5, 5.41) is 9.74. The van der Waals surface area contributed by atoms with Crippen molar-refractivity contribution in [3.05, 3.63) is 65.4 Å². The summed E-state index contributed by atoms with van der Waals surface area (Å²) in [5.74, 6) is 0.410. The van der Waals surface area contributed by atoms with Crippen molar-refractivity contribution in [1.82, 2.24) is 9.78 Å². The fourth-order valence-corrected chi connectivity index (χ4v) is 3.89. The Kier molecular flexibility index (Phi) is 5.92. The molecule has 1 aromatic heterocycles. The number of carbonyl (C=O) groups excluding carboxylic acids is 1. The van der Waals surface area contributed by atoms with Gasteiger partial charge in [0, 0.05) is 18.2 Å². The summed E-state index contributed by atoms with van der Waals surface area (Å²) in [5.41, 5.74) is 1.96. The molecule has 0 aliphatic carbocycles. The molecule has 1 aliphatic heterocycles. The number of aromatic nitrogens is 2. The molecule has 2 N–H and O–H groups in total. The first-order valence-corrected chi connectivity index (χ1v) is 10.2. The molecule has 3 aromatic rings. The van der Waals surface area contributed by atoms with Crippen LogP contribution >= 0.6 is 0 Å². The lowest BCUT2D eigenvalue weighted by Crippen LogP contribution is -2.35. The fourth-order valence-electron chi connectivity index (χ4n) is 3.89. The first-order chi connectivity index (χ1) is 15.7. The van der Waals surface area contributed by atoms with Crippen LogP contribution in [-0.4, -0.2) is 36.1 Å². The lowest BCUT2D eigenvalue weighted by Gasteiger charge is -2.33. The molecule has 0 saturated heterocycles. The van der Waals surface area contributed by atoms with Gasteiger partial charge in [-0.1, -0.05) is 18.2 Å². The molecule has 2 heterocycles. The number of halogens is 3. The highest BCUT2D eigenvalue weighted by Gasteiger charge is 2.47. The highest BCUT2D eigenvalue weighted by atomic mass is 19.4. The van der Waals surface area contributed by atoms with Crippen LogP contribution < -0.4 is 20.1 Å². The predicted molar refractivity (Wildman–Crippen MR) is 117 cm³/mol. The standard InChI is InChI=1S/C23H23F3N4O3/c1-13-5-4-6-15(9-13)27-22(31)17-12-21-28-16(11-20(23(24,25)26)30(21)29-17)14-7-8-18(32-2)19(10-14)33-3/h4-10,12,16,20,28H,11H2,1-3H3,(H,27,31)/t16-,20-/m1/s1. The van der Waals surface area contributed by atoms with Gasteiger partial charge in [-0.25, -0.2) is 4.68 Å². The van der Waals surface area contributed by atoms with Crippen molar-refractivity contribution in [1.29, 1.82) is 0 Å². The number of nitrogens with one attached hydrogen (secondary N) is 2. The zero-order valence-electron chi connectivity index (χ0n) is 18.2. The molecule has 2 aromatic carbocycles. The average Bonchev–Trinajstić information content (AvgIpc) is 3.21. The number of nitrogens with zero attached hydrogens (tertiary/aromatic N) is 2. The fraction of sp³-hybridized carbons (Fsp3) is 0.304. The maximum absolute atomic E-state index is 13.9. The monoisotopic (exact) mass is 460 g/mol. The molecular weight excluding hydrogens is 437 g/mol. The SMILES string of the molecule is COc1ccc([C@H]2C[C@H](C(F)(F)F)n3nc(C(=O)Nc4cccc(C)c4)cc3N2)cc1OC. The van der Waals surface area contributed by atoms with E-state index in [1.165, 1.54) is 20.3 Å². The highest BCUT2D eigenvalue weighted by molar-refractivity contribution is 6.03. The van der Waals surface area contributed by atoms with Crippen molar-refractivity contribution in [3.63, 3.8) is 0 Å². The molecule has 0 fully saturated rings. The minimum atomic E-state index is -4.55. The molecule has 0 unspecified atom stereocenters. The summed E-state index contributed by atoms with van der Waals surface area (Å²) in [6.45, 7) is 1.87. The van der Waals surface area contributed by atoms with Crippen LogP contribution in [0, 0.1) is 6.92 Å². The van der Waals surface area contributed by atoms with Crippen LogP contribution in [0.25, 0.3) is 0 Å². The Bertz CT molecular complexity index is 1180. The minimum absolute atomic E-state index is 0.109. The summed E-state index contributed by atoms with van der Waals surface area (Å²) in [6.07, 6.45) is -4.85. The second-order valence-electron chi connectivity index (χ2n) is 7.79. The van der Waals surface area contributed by atoms with E-state index in [4.69, 9.17) is 9.47 Å². The molecule has 1 aliphatic rings. The van der Waals surface area contributed by atoms with Gasteiger partial charge in [0.15, 0.2) is 23.2 Å². The Labute approximate surface area is 188 Å². The number of amides is 1. The van der Waals surface area contributed by atoms with Crippen LogP contribution in [0.15, 0.2) is 48.5 Å². The lowest BCUT2D eigenvalue weighted by atomic mass is 9.96. The van der Waals surface area contributed by atoms with Gasteiger partial charge < -0.3 is 20.1 Å². The average molecular weight is 460 g/mol. The largest absolute Gasteiger partial charge is 0.493 e. The van der Waals surface area contributed by atoms with E-state index in [1.54, 1.807) is 36.4 Å². The van der Waals surface area contributed by atoms with E-state index in [1.807, 2.05) is 13.0 Å². The van der Waals surface area contributed by atoms with E-state index in [-0.39, 0.29) is 17.9 Å². The number of carbonyl (C=O) groups is 1. The first kappa shape index (κ1) is 22.5. The number of hydrogen-bond donors (Lipinski definition) is 2. The second-order valence-corrected chi connectivity index (χ2v) is 7.79. The summed E-state index contributed by atoms with van der Waals surface area (Å²) in [6, 6.07) is 10.8. The van der Waals surface area contributed by atoms with E-state index >= 15 is 0 Å². The maximum Gasteiger partial charge on any atom is 0.410 e. The number of anilines is 2.